The maximum Gasteiger partial charge on any atom is 0.419 e. The molecule has 3 nitrogen and oxygen atoms in total. The van der Waals surface area contributed by atoms with Crippen LogP contribution in [0.1, 0.15) is 18.1 Å². The highest BCUT2D eigenvalue weighted by molar-refractivity contribution is 9.10. The van der Waals surface area contributed by atoms with Crippen LogP contribution in [0.2, 0.25) is 0 Å². The van der Waals surface area contributed by atoms with Crippen LogP contribution in [0, 0.1) is 0 Å². The minimum atomic E-state index is -4.50. The standard InChI is InChI=1S/C10H9BrF3NO2/c1-2-17-8(16)4-6-3-7(10(12,13)14)9(11)15-5-6/h3,5H,2,4H2,1H3. The number of halogens is 4. The lowest BCUT2D eigenvalue weighted by Gasteiger charge is -2.10. The minimum absolute atomic E-state index is 0.166. The van der Waals surface area contributed by atoms with Gasteiger partial charge in [0.1, 0.15) is 4.60 Å². The molecule has 0 aromatic carbocycles. The van der Waals surface area contributed by atoms with Gasteiger partial charge in [0.2, 0.25) is 0 Å². The van der Waals surface area contributed by atoms with Crippen molar-refractivity contribution in [1.82, 2.24) is 4.98 Å². The van der Waals surface area contributed by atoms with Gasteiger partial charge in [-0.25, -0.2) is 4.98 Å². The molecule has 0 saturated carbocycles. The lowest BCUT2D eigenvalue weighted by Crippen LogP contribution is -2.11. The monoisotopic (exact) mass is 311 g/mol. The summed E-state index contributed by atoms with van der Waals surface area (Å²) in [5, 5.41) is 0. The third-order valence-electron chi connectivity index (χ3n) is 1.85. The van der Waals surface area contributed by atoms with E-state index in [1.54, 1.807) is 6.92 Å². The molecule has 0 aliphatic carbocycles. The second kappa shape index (κ2) is 5.48. The molecule has 0 fully saturated rings. The summed E-state index contributed by atoms with van der Waals surface area (Å²) in [6.45, 7) is 1.81. The molecule has 0 saturated heterocycles. The number of nitrogens with zero attached hydrogens (tertiary/aromatic N) is 1. The van der Waals surface area contributed by atoms with Gasteiger partial charge in [-0.05, 0) is 34.5 Å². The highest BCUT2D eigenvalue weighted by Crippen LogP contribution is 2.34. The molecule has 0 aliphatic rings. The number of aromatic nitrogens is 1. The van der Waals surface area contributed by atoms with E-state index in [2.05, 4.69) is 25.7 Å². The van der Waals surface area contributed by atoms with Gasteiger partial charge >= 0.3 is 12.1 Å². The molecule has 0 unspecified atom stereocenters. The predicted octanol–water partition coefficient (Wildman–Crippen LogP) is 2.97. The number of carbonyl (C=O) groups is 1. The topological polar surface area (TPSA) is 39.2 Å². The summed E-state index contributed by atoms with van der Waals surface area (Å²) in [5.41, 5.74) is -0.738. The largest absolute Gasteiger partial charge is 0.466 e. The molecule has 1 aromatic rings. The first kappa shape index (κ1) is 14.0. The summed E-state index contributed by atoms with van der Waals surface area (Å²) in [6, 6.07) is 0.883. The fourth-order valence-corrected chi connectivity index (χ4v) is 1.61. The van der Waals surface area contributed by atoms with Crippen molar-refractivity contribution in [2.45, 2.75) is 19.5 Å². The van der Waals surface area contributed by atoms with Crippen molar-refractivity contribution in [3.8, 4) is 0 Å². The Hall–Kier alpha value is -1.11. The van der Waals surface area contributed by atoms with Crippen LogP contribution in [0.15, 0.2) is 16.9 Å². The highest BCUT2D eigenvalue weighted by atomic mass is 79.9. The van der Waals surface area contributed by atoms with Crippen molar-refractivity contribution >= 4 is 21.9 Å². The number of hydrogen-bond donors (Lipinski definition) is 0. The third-order valence-corrected chi connectivity index (χ3v) is 2.49. The second-order valence-electron chi connectivity index (χ2n) is 3.16. The Bertz CT molecular complexity index is 421. The van der Waals surface area contributed by atoms with Crippen LogP contribution < -0.4 is 0 Å². The van der Waals surface area contributed by atoms with E-state index in [4.69, 9.17) is 0 Å². The number of rotatable bonds is 3. The molecular weight excluding hydrogens is 303 g/mol. The Balaban J connectivity index is 2.93. The van der Waals surface area contributed by atoms with Crippen molar-refractivity contribution in [3.05, 3.63) is 28.0 Å². The molecule has 0 aliphatic heterocycles. The molecule has 0 spiro atoms. The summed E-state index contributed by atoms with van der Waals surface area (Å²) < 4.78 is 41.9. The van der Waals surface area contributed by atoms with Gasteiger partial charge in [0.25, 0.3) is 0 Å². The van der Waals surface area contributed by atoms with E-state index in [1.807, 2.05) is 0 Å². The van der Waals surface area contributed by atoms with Gasteiger partial charge in [0.05, 0.1) is 18.6 Å². The zero-order chi connectivity index (χ0) is 13.1. The number of pyridine rings is 1. The van der Waals surface area contributed by atoms with Crippen LogP contribution in [-0.4, -0.2) is 17.6 Å². The molecule has 0 N–H and O–H groups in total. The van der Waals surface area contributed by atoms with Crippen molar-refractivity contribution in [2.24, 2.45) is 0 Å². The molecule has 94 valence electrons. The summed E-state index contributed by atoms with van der Waals surface area (Å²) in [7, 11) is 0. The Morgan fingerprint density at radius 1 is 1.53 bits per heavy atom. The van der Waals surface area contributed by atoms with Crippen molar-refractivity contribution in [2.75, 3.05) is 6.61 Å². The molecule has 17 heavy (non-hydrogen) atoms. The maximum absolute atomic E-state index is 12.5. The third kappa shape index (κ3) is 3.99. The van der Waals surface area contributed by atoms with E-state index < -0.39 is 17.7 Å². The summed E-state index contributed by atoms with van der Waals surface area (Å²) in [4.78, 5) is 14.7. The van der Waals surface area contributed by atoms with Crippen molar-refractivity contribution in [1.29, 1.82) is 0 Å². The molecule has 0 bridgehead atoms. The van der Waals surface area contributed by atoms with E-state index in [1.165, 1.54) is 6.20 Å². The Kier molecular flexibility index (Phi) is 4.50. The van der Waals surface area contributed by atoms with Gasteiger partial charge in [-0.2, -0.15) is 13.2 Å². The van der Waals surface area contributed by atoms with Gasteiger partial charge in [-0.1, -0.05) is 0 Å². The van der Waals surface area contributed by atoms with E-state index in [-0.39, 0.29) is 23.2 Å². The van der Waals surface area contributed by atoms with E-state index in [0.29, 0.717) is 0 Å². The van der Waals surface area contributed by atoms with Crippen molar-refractivity contribution in [3.63, 3.8) is 0 Å². The lowest BCUT2D eigenvalue weighted by atomic mass is 10.1. The Labute approximate surface area is 104 Å². The van der Waals surface area contributed by atoms with E-state index in [9.17, 15) is 18.0 Å². The number of ether oxygens (including phenoxy) is 1. The van der Waals surface area contributed by atoms with Crippen LogP contribution in [-0.2, 0) is 22.1 Å². The smallest absolute Gasteiger partial charge is 0.419 e. The average Bonchev–Trinajstić information content (AvgIpc) is 2.19. The van der Waals surface area contributed by atoms with Crippen LogP contribution in [0.3, 0.4) is 0 Å². The zero-order valence-electron chi connectivity index (χ0n) is 8.84. The quantitative estimate of drug-likeness (QED) is 0.636. The zero-order valence-corrected chi connectivity index (χ0v) is 10.4. The Morgan fingerprint density at radius 3 is 2.71 bits per heavy atom. The molecule has 7 heteroatoms. The van der Waals surface area contributed by atoms with Gasteiger partial charge < -0.3 is 4.74 Å². The SMILES string of the molecule is CCOC(=O)Cc1cnc(Br)c(C(F)(F)F)c1. The number of esters is 1. The molecule has 1 aromatic heterocycles. The highest BCUT2D eigenvalue weighted by Gasteiger charge is 2.34. The minimum Gasteiger partial charge on any atom is -0.466 e. The molecule has 0 amide bonds. The second-order valence-corrected chi connectivity index (χ2v) is 3.91. The fraction of sp³-hybridized carbons (Fsp3) is 0.400. The van der Waals surface area contributed by atoms with Crippen LogP contribution in [0.25, 0.3) is 0 Å². The molecular formula is C10H9BrF3NO2. The fourth-order valence-electron chi connectivity index (χ4n) is 1.17. The summed E-state index contributed by atoms with van der Waals surface area (Å²) >= 11 is 2.72. The number of alkyl halides is 3. The van der Waals surface area contributed by atoms with Crippen LogP contribution >= 0.6 is 15.9 Å². The Morgan fingerprint density at radius 2 is 2.18 bits per heavy atom. The lowest BCUT2D eigenvalue weighted by molar-refractivity contribution is -0.143. The van der Waals surface area contributed by atoms with Gasteiger partial charge in [-0.3, -0.25) is 4.79 Å². The summed E-state index contributed by atoms with van der Waals surface area (Å²) in [6.07, 6.45) is -3.52. The van der Waals surface area contributed by atoms with E-state index in [0.717, 1.165) is 6.07 Å². The first-order chi connectivity index (χ1) is 7.84. The molecule has 0 radical (unpaired) electrons. The van der Waals surface area contributed by atoms with Gasteiger partial charge in [0, 0.05) is 6.20 Å². The molecule has 1 heterocycles. The average molecular weight is 312 g/mol. The van der Waals surface area contributed by atoms with Crippen LogP contribution in [0.5, 0.6) is 0 Å². The predicted molar refractivity (Wildman–Crippen MR) is 57.3 cm³/mol. The van der Waals surface area contributed by atoms with Crippen LogP contribution in [0.4, 0.5) is 13.2 Å². The molecule has 0 atom stereocenters. The van der Waals surface area contributed by atoms with E-state index >= 15 is 0 Å². The summed E-state index contributed by atoms with van der Waals surface area (Å²) in [5.74, 6) is -0.579. The maximum atomic E-state index is 12.5. The normalized spacial score (nSPS) is 11.4. The molecule has 1 rings (SSSR count). The van der Waals surface area contributed by atoms with Gasteiger partial charge in [-0.15, -0.1) is 0 Å². The first-order valence-electron chi connectivity index (χ1n) is 4.71. The number of hydrogen-bond acceptors (Lipinski definition) is 3. The first-order valence-corrected chi connectivity index (χ1v) is 5.51. The van der Waals surface area contributed by atoms with Crippen molar-refractivity contribution < 1.29 is 22.7 Å². The van der Waals surface area contributed by atoms with Gasteiger partial charge in [0.15, 0.2) is 0 Å². The number of carbonyl (C=O) groups excluding carboxylic acids is 1.